The highest BCUT2D eigenvalue weighted by Gasteiger charge is 2.47. The van der Waals surface area contributed by atoms with Crippen molar-refractivity contribution in [3.8, 4) is 22.8 Å². The molecule has 0 radical (unpaired) electrons. The molecule has 3 heterocycles. The number of fused-ring (bicyclic) bond motifs is 2. The summed E-state index contributed by atoms with van der Waals surface area (Å²) in [6.45, 7) is -1.21. The van der Waals surface area contributed by atoms with Gasteiger partial charge in [0.05, 0.1) is 12.7 Å². The Morgan fingerprint density at radius 1 is 1.15 bits per heavy atom. The normalized spacial score (nSPS) is 17.1. The van der Waals surface area contributed by atoms with Gasteiger partial charge in [-0.3, -0.25) is 9.78 Å². The minimum absolute atomic E-state index is 0.0311. The van der Waals surface area contributed by atoms with Crippen LogP contribution in [0, 0.1) is 5.82 Å². The van der Waals surface area contributed by atoms with E-state index in [1.165, 1.54) is 30.3 Å². The first kappa shape index (κ1) is 26.9. The highest BCUT2D eigenvalue weighted by molar-refractivity contribution is 5.99. The van der Waals surface area contributed by atoms with Crippen molar-refractivity contribution in [3.05, 3.63) is 83.4 Å². The van der Waals surface area contributed by atoms with Gasteiger partial charge in [-0.1, -0.05) is 6.07 Å². The number of carbonyl (C=O) groups is 1. The predicted molar refractivity (Wildman–Crippen MR) is 141 cm³/mol. The third-order valence-corrected chi connectivity index (χ3v) is 7.20. The number of alkyl halides is 3. The fourth-order valence-electron chi connectivity index (χ4n) is 4.85. The third kappa shape index (κ3) is 5.54. The molecule has 0 bridgehead atoms. The smallest absolute Gasteiger partial charge is 0.399 e. The first-order valence-electron chi connectivity index (χ1n) is 13.2. The number of ether oxygens (including phenoxy) is 2. The van der Waals surface area contributed by atoms with Gasteiger partial charge in [0.15, 0.2) is 0 Å². The molecule has 41 heavy (non-hydrogen) atoms. The van der Waals surface area contributed by atoms with Crippen molar-refractivity contribution in [2.75, 3.05) is 19.8 Å². The van der Waals surface area contributed by atoms with E-state index >= 15 is 0 Å². The van der Waals surface area contributed by atoms with Crippen molar-refractivity contribution >= 4 is 16.8 Å². The summed E-state index contributed by atoms with van der Waals surface area (Å²) < 4.78 is 66.5. The van der Waals surface area contributed by atoms with Crippen LogP contribution in [0.5, 0.6) is 11.5 Å². The summed E-state index contributed by atoms with van der Waals surface area (Å²) in [4.78, 5) is 22.1. The molecule has 0 saturated heterocycles. The Hall–Kier alpha value is -4.25. The van der Waals surface area contributed by atoms with Crippen LogP contribution in [0.25, 0.3) is 22.2 Å². The van der Waals surface area contributed by atoms with Crippen LogP contribution in [0.3, 0.4) is 0 Å². The number of halogens is 4. The Bertz CT molecular complexity index is 1610. The largest absolute Gasteiger partial charge is 0.490 e. The number of aliphatic hydroxyl groups is 1. The molecule has 2 atom stereocenters. The van der Waals surface area contributed by atoms with E-state index in [0.717, 1.165) is 18.2 Å². The topological polar surface area (TPSA) is 93.6 Å². The molecule has 6 rings (SSSR count). The van der Waals surface area contributed by atoms with E-state index in [1.807, 2.05) is 6.07 Å². The molecule has 2 N–H and O–H groups in total. The molecule has 0 spiro atoms. The third-order valence-electron chi connectivity index (χ3n) is 7.20. The Balaban J connectivity index is 1.30. The van der Waals surface area contributed by atoms with Crippen LogP contribution < -0.4 is 14.8 Å². The number of aliphatic hydroxyl groups excluding tert-OH is 1. The van der Waals surface area contributed by atoms with E-state index in [4.69, 9.17) is 9.47 Å². The molecule has 1 amide bonds. The molecule has 212 valence electrons. The molecule has 11 heteroatoms. The summed E-state index contributed by atoms with van der Waals surface area (Å²) in [5.41, 5.74) is 1.46. The fourth-order valence-corrected chi connectivity index (χ4v) is 4.85. The standard InChI is InChI=1S/C30H25F4N3O4/c31-20-5-3-16(4-6-20)27-28-22(23(15-40-28)30(32,33)34)12-24(37-27)19(14-38)13-36-29(39)18-10-17-2-1-9-35-26(17)25(11-18)41-21-7-8-21/h1-6,9-12,19,21,23,38H,7-8,13-15H2,(H,36,39)/t19-,23+/m0/s1. The highest BCUT2D eigenvalue weighted by atomic mass is 19.4. The van der Waals surface area contributed by atoms with Crippen molar-refractivity contribution in [3.63, 3.8) is 0 Å². The number of aromatic nitrogens is 2. The van der Waals surface area contributed by atoms with Gasteiger partial charge in [-0.25, -0.2) is 9.37 Å². The van der Waals surface area contributed by atoms with Crippen LogP contribution in [-0.4, -0.2) is 53.0 Å². The number of nitrogens with one attached hydrogen (secondary N) is 1. The number of benzene rings is 2. The number of nitrogens with zero attached hydrogens (tertiary/aromatic N) is 2. The second-order valence-electron chi connectivity index (χ2n) is 10.2. The van der Waals surface area contributed by atoms with Crippen LogP contribution >= 0.6 is 0 Å². The monoisotopic (exact) mass is 567 g/mol. The van der Waals surface area contributed by atoms with Gasteiger partial charge in [0, 0.05) is 46.4 Å². The van der Waals surface area contributed by atoms with E-state index in [2.05, 4.69) is 15.3 Å². The zero-order valence-corrected chi connectivity index (χ0v) is 21.6. The van der Waals surface area contributed by atoms with Crippen LogP contribution in [0.15, 0.2) is 60.8 Å². The van der Waals surface area contributed by atoms with E-state index in [9.17, 15) is 27.5 Å². The van der Waals surface area contributed by atoms with E-state index < -0.39 is 43.0 Å². The van der Waals surface area contributed by atoms with Crippen LogP contribution in [0.4, 0.5) is 17.6 Å². The zero-order chi connectivity index (χ0) is 28.7. The Labute approximate surface area is 232 Å². The second-order valence-corrected chi connectivity index (χ2v) is 10.2. The lowest BCUT2D eigenvalue weighted by molar-refractivity contribution is -0.151. The van der Waals surface area contributed by atoms with Crippen LogP contribution in [0.2, 0.25) is 0 Å². The molecule has 1 saturated carbocycles. The summed E-state index contributed by atoms with van der Waals surface area (Å²) in [5, 5.41) is 13.7. The molecule has 2 aromatic heterocycles. The Kier molecular flexibility index (Phi) is 6.98. The average molecular weight is 568 g/mol. The maximum atomic E-state index is 13.8. The molecule has 1 aliphatic carbocycles. The summed E-state index contributed by atoms with van der Waals surface area (Å²) in [6, 6.07) is 13.3. The van der Waals surface area contributed by atoms with Gasteiger partial charge in [-0.05, 0) is 61.4 Å². The summed E-state index contributed by atoms with van der Waals surface area (Å²) >= 11 is 0. The van der Waals surface area contributed by atoms with Gasteiger partial charge in [-0.2, -0.15) is 13.2 Å². The lowest BCUT2D eigenvalue weighted by atomic mass is 9.94. The summed E-state index contributed by atoms with van der Waals surface area (Å²) in [6.07, 6.45) is -0.986. The summed E-state index contributed by atoms with van der Waals surface area (Å²) in [7, 11) is 0. The number of rotatable bonds is 8. The molecule has 4 aromatic rings. The molecule has 7 nitrogen and oxygen atoms in total. The van der Waals surface area contributed by atoms with E-state index in [0.29, 0.717) is 22.4 Å². The van der Waals surface area contributed by atoms with E-state index in [-0.39, 0.29) is 35.3 Å². The molecule has 0 unspecified atom stereocenters. The van der Waals surface area contributed by atoms with Crippen molar-refractivity contribution < 1.29 is 36.9 Å². The minimum Gasteiger partial charge on any atom is -0.490 e. The zero-order valence-electron chi connectivity index (χ0n) is 21.6. The lowest BCUT2D eigenvalue weighted by Crippen LogP contribution is -2.30. The maximum absolute atomic E-state index is 13.8. The van der Waals surface area contributed by atoms with Crippen molar-refractivity contribution in [1.29, 1.82) is 0 Å². The van der Waals surface area contributed by atoms with Gasteiger partial charge < -0.3 is 19.9 Å². The minimum atomic E-state index is -4.57. The SMILES string of the molecule is O=C(NC[C@@H](CO)c1cc2c(c(-c3ccc(F)cc3)n1)OC[C@H]2C(F)(F)F)c1cc(OC2CC2)c2ncccc2c1. The quantitative estimate of drug-likeness (QED) is 0.273. The molecule has 1 fully saturated rings. The van der Waals surface area contributed by atoms with Gasteiger partial charge in [0.2, 0.25) is 0 Å². The van der Waals surface area contributed by atoms with Crippen molar-refractivity contribution in [2.24, 2.45) is 0 Å². The molecular weight excluding hydrogens is 542 g/mol. The maximum Gasteiger partial charge on any atom is 0.399 e. The fraction of sp³-hybridized carbons (Fsp3) is 0.300. The predicted octanol–water partition coefficient (Wildman–Crippen LogP) is 5.52. The van der Waals surface area contributed by atoms with Crippen molar-refractivity contribution in [1.82, 2.24) is 15.3 Å². The number of pyridine rings is 2. The molecule has 2 aliphatic rings. The highest BCUT2D eigenvalue weighted by Crippen LogP contribution is 2.48. The molecule has 2 aromatic carbocycles. The van der Waals surface area contributed by atoms with Gasteiger partial charge >= 0.3 is 6.18 Å². The molecule has 1 aliphatic heterocycles. The van der Waals surface area contributed by atoms with Crippen LogP contribution in [0.1, 0.15) is 46.3 Å². The Morgan fingerprint density at radius 2 is 1.93 bits per heavy atom. The van der Waals surface area contributed by atoms with Gasteiger partial charge in [0.1, 0.15) is 41.1 Å². The average Bonchev–Trinajstić information content (AvgIpc) is 3.66. The van der Waals surface area contributed by atoms with Gasteiger partial charge in [-0.15, -0.1) is 0 Å². The lowest BCUT2D eigenvalue weighted by Gasteiger charge is -2.19. The van der Waals surface area contributed by atoms with E-state index in [1.54, 1.807) is 24.4 Å². The van der Waals surface area contributed by atoms with Gasteiger partial charge in [0.25, 0.3) is 5.91 Å². The Morgan fingerprint density at radius 3 is 2.63 bits per heavy atom. The number of hydrogen-bond donors (Lipinski definition) is 2. The first-order chi connectivity index (χ1) is 19.7. The van der Waals surface area contributed by atoms with Crippen LogP contribution in [-0.2, 0) is 0 Å². The number of carbonyl (C=O) groups excluding carboxylic acids is 1. The molecular formula is C30H25F4N3O4. The van der Waals surface area contributed by atoms with Crippen molar-refractivity contribution in [2.45, 2.75) is 37.0 Å². The summed E-state index contributed by atoms with van der Waals surface area (Å²) in [5.74, 6) is -3.22. The number of hydrogen-bond acceptors (Lipinski definition) is 6. The second kappa shape index (κ2) is 10.6. The first-order valence-corrected chi connectivity index (χ1v) is 13.2. The number of amides is 1.